The van der Waals surface area contributed by atoms with Crippen LogP contribution < -0.4 is 5.32 Å². The SMILES string of the molecule is CN(C)Cc1c(CNC2CC2)sc2ccccc12. The van der Waals surface area contributed by atoms with E-state index in [1.807, 2.05) is 11.3 Å². The second-order valence-electron chi connectivity index (χ2n) is 5.39. The molecule has 1 aromatic heterocycles. The first-order valence-corrected chi connectivity index (χ1v) is 7.43. The summed E-state index contributed by atoms with van der Waals surface area (Å²) in [6.07, 6.45) is 2.71. The summed E-state index contributed by atoms with van der Waals surface area (Å²) in [5, 5.41) is 5.07. The molecule has 1 aliphatic rings. The van der Waals surface area contributed by atoms with Gasteiger partial charge in [0, 0.05) is 28.7 Å². The Hall–Kier alpha value is -0.900. The molecule has 1 saturated carbocycles. The van der Waals surface area contributed by atoms with Gasteiger partial charge in [-0.25, -0.2) is 0 Å². The summed E-state index contributed by atoms with van der Waals surface area (Å²) in [4.78, 5) is 3.77. The molecule has 3 heteroatoms. The van der Waals surface area contributed by atoms with Gasteiger partial charge in [0.05, 0.1) is 0 Å². The Labute approximate surface area is 113 Å². The van der Waals surface area contributed by atoms with Crippen LogP contribution in [0.5, 0.6) is 0 Å². The molecule has 0 spiro atoms. The number of nitrogens with zero attached hydrogens (tertiary/aromatic N) is 1. The zero-order valence-corrected chi connectivity index (χ0v) is 11.9. The lowest BCUT2D eigenvalue weighted by Crippen LogP contribution is -2.17. The first-order chi connectivity index (χ1) is 8.74. The van der Waals surface area contributed by atoms with E-state index in [1.165, 1.54) is 33.4 Å². The number of hydrogen-bond acceptors (Lipinski definition) is 3. The van der Waals surface area contributed by atoms with Gasteiger partial charge in [0.1, 0.15) is 0 Å². The molecule has 3 rings (SSSR count). The van der Waals surface area contributed by atoms with Gasteiger partial charge >= 0.3 is 0 Å². The van der Waals surface area contributed by atoms with E-state index in [2.05, 4.69) is 48.6 Å². The lowest BCUT2D eigenvalue weighted by molar-refractivity contribution is 0.403. The first kappa shape index (κ1) is 12.2. The van der Waals surface area contributed by atoms with Crippen molar-refractivity contribution >= 4 is 21.4 Å². The summed E-state index contributed by atoms with van der Waals surface area (Å²) in [5.41, 5.74) is 1.51. The number of thiophene rings is 1. The molecule has 0 unspecified atom stereocenters. The molecular weight excluding hydrogens is 240 g/mol. The van der Waals surface area contributed by atoms with Gasteiger partial charge in [-0.05, 0) is 44.0 Å². The molecule has 1 fully saturated rings. The lowest BCUT2D eigenvalue weighted by Gasteiger charge is -2.11. The van der Waals surface area contributed by atoms with E-state index in [1.54, 1.807) is 0 Å². The monoisotopic (exact) mass is 260 g/mol. The summed E-state index contributed by atoms with van der Waals surface area (Å²) in [7, 11) is 4.29. The van der Waals surface area contributed by atoms with Crippen molar-refractivity contribution in [2.24, 2.45) is 0 Å². The highest BCUT2D eigenvalue weighted by Crippen LogP contribution is 2.32. The highest BCUT2D eigenvalue weighted by Gasteiger charge is 2.21. The van der Waals surface area contributed by atoms with Crippen LogP contribution in [-0.2, 0) is 13.1 Å². The predicted octanol–water partition coefficient (Wildman–Crippen LogP) is 3.21. The largest absolute Gasteiger partial charge is 0.309 e. The van der Waals surface area contributed by atoms with Gasteiger partial charge in [0.2, 0.25) is 0 Å². The summed E-state index contributed by atoms with van der Waals surface area (Å²) in [6, 6.07) is 9.55. The van der Waals surface area contributed by atoms with Crippen LogP contribution in [0.3, 0.4) is 0 Å². The molecule has 2 aromatic rings. The van der Waals surface area contributed by atoms with Gasteiger partial charge in [0.15, 0.2) is 0 Å². The topological polar surface area (TPSA) is 15.3 Å². The van der Waals surface area contributed by atoms with E-state index in [4.69, 9.17) is 0 Å². The molecular formula is C15H20N2S. The summed E-state index contributed by atoms with van der Waals surface area (Å²) >= 11 is 1.95. The third-order valence-corrected chi connectivity index (χ3v) is 4.60. The third kappa shape index (κ3) is 2.58. The standard InChI is InChI=1S/C15H20N2S/c1-17(2)10-13-12-5-3-4-6-14(12)18-15(13)9-16-11-7-8-11/h3-6,11,16H,7-10H2,1-2H3. The molecule has 1 N–H and O–H groups in total. The molecule has 2 nitrogen and oxygen atoms in total. The summed E-state index contributed by atoms with van der Waals surface area (Å²) in [6.45, 7) is 2.07. The average molecular weight is 260 g/mol. The van der Waals surface area contributed by atoms with Crippen LogP contribution in [0.2, 0.25) is 0 Å². The Bertz CT molecular complexity index is 540. The molecule has 0 aliphatic heterocycles. The van der Waals surface area contributed by atoms with Crippen LogP contribution in [0, 0.1) is 0 Å². The number of nitrogens with one attached hydrogen (secondary N) is 1. The van der Waals surface area contributed by atoms with Crippen LogP contribution >= 0.6 is 11.3 Å². The Kier molecular flexibility index (Phi) is 3.37. The van der Waals surface area contributed by atoms with E-state index >= 15 is 0 Å². The van der Waals surface area contributed by atoms with Gasteiger partial charge in [-0.2, -0.15) is 0 Å². The molecule has 0 saturated heterocycles. The minimum Gasteiger partial charge on any atom is -0.309 e. The molecule has 1 aliphatic carbocycles. The maximum atomic E-state index is 3.64. The fourth-order valence-corrected chi connectivity index (χ4v) is 3.47. The van der Waals surface area contributed by atoms with Crippen LogP contribution in [0.25, 0.3) is 10.1 Å². The number of rotatable bonds is 5. The van der Waals surface area contributed by atoms with E-state index in [9.17, 15) is 0 Å². The smallest absolute Gasteiger partial charge is 0.0349 e. The van der Waals surface area contributed by atoms with Crippen molar-refractivity contribution in [1.82, 2.24) is 10.2 Å². The van der Waals surface area contributed by atoms with Crippen molar-refractivity contribution in [3.63, 3.8) is 0 Å². The van der Waals surface area contributed by atoms with Gasteiger partial charge in [-0.15, -0.1) is 11.3 Å². The highest BCUT2D eigenvalue weighted by atomic mass is 32.1. The Morgan fingerprint density at radius 1 is 1.28 bits per heavy atom. The molecule has 96 valence electrons. The lowest BCUT2D eigenvalue weighted by atomic mass is 10.1. The second-order valence-corrected chi connectivity index (χ2v) is 6.53. The number of fused-ring (bicyclic) bond motifs is 1. The van der Waals surface area contributed by atoms with Crippen LogP contribution in [-0.4, -0.2) is 25.0 Å². The maximum Gasteiger partial charge on any atom is 0.0349 e. The van der Waals surface area contributed by atoms with E-state index in [0.717, 1.165) is 19.1 Å². The van der Waals surface area contributed by atoms with Crippen LogP contribution in [0.1, 0.15) is 23.3 Å². The molecule has 1 heterocycles. The average Bonchev–Trinajstić information content (AvgIpc) is 3.11. The van der Waals surface area contributed by atoms with Crippen molar-refractivity contribution in [2.45, 2.75) is 32.0 Å². The predicted molar refractivity (Wildman–Crippen MR) is 79.1 cm³/mol. The third-order valence-electron chi connectivity index (χ3n) is 3.38. The molecule has 0 bridgehead atoms. The molecule has 18 heavy (non-hydrogen) atoms. The van der Waals surface area contributed by atoms with Gasteiger partial charge in [0.25, 0.3) is 0 Å². The Morgan fingerprint density at radius 3 is 2.78 bits per heavy atom. The Balaban J connectivity index is 1.93. The van der Waals surface area contributed by atoms with E-state index < -0.39 is 0 Å². The first-order valence-electron chi connectivity index (χ1n) is 6.61. The fraction of sp³-hybridized carbons (Fsp3) is 0.467. The number of hydrogen-bond donors (Lipinski definition) is 1. The van der Waals surface area contributed by atoms with Crippen molar-refractivity contribution in [3.8, 4) is 0 Å². The molecule has 0 atom stereocenters. The minimum atomic E-state index is 0.780. The molecule has 0 amide bonds. The van der Waals surface area contributed by atoms with Crippen molar-refractivity contribution < 1.29 is 0 Å². The van der Waals surface area contributed by atoms with Crippen molar-refractivity contribution in [3.05, 3.63) is 34.7 Å². The quantitative estimate of drug-likeness (QED) is 0.888. The van der Waals surface area contributed by atoms with Gasteiger partial charge < -0.3 is 10.2 Å². The zero-order chi connectivity index (χ0) is 12.5. The van der Waals surface area contributed by atoms with Crippen molar-refractivity contribution in [1.29, 1.82) is 0 Å². The number of benzene rings is 1. The van der Waals surface area contributed by atoms with E-state index in [-0.39, 0.29) is 0 Å². The van der Waals surface area contributed by atoms with Crippen LogP contribution in [0.4, 0.5) is 0 Å². The van der Waals surface area contributed by atoms with Crippen molar-refractivity contribution in [2.75, 3.05) is 14.1 Å². The second kappa shape index (κ2) is 5.00. The van der Waals surface area contributed by atoms with E-state index in [0.29, 0.717) is 0 Å². The van der Waals surface area contributed by atoms with Gasteiger partial charge in [-0.3, -0.25) is 0 Å². The zero-order valence-electron chi connectivity index (χ0n) is 11.1. The fourth-order valence-electron chi connectivity index (χ4n) is 2.31. The summed E-state index contributed by atoms with van der Waals surface area (Å²) in [5.74, 6) is 0. The Morgan fingerprint density at radius 2 is 2.06 bits per heavy atom. The summed E-state index contributed by atoms with van der Waals surface area (Å²) < 4.78 is 1.42. The molecule has 0 radical (unpaired) electrons. The minimum absolute atomic E-state index is 0.780. The van der Waals surface area contributed by atoms with Gasteiger partial charge in [-0.1, -0.05) is 18.2 Å². The van der Waals surface area contributed by atoms with Crippen LogP contribution in [0.15, 0.2) is 24.3 Å². The normalized spacial score (nSPS) is 15.7. The maximum absolute atomic E-state index is 3.64. The highest BCUT2D eigenvalue weighted by molar-refractivity contribution is 7.19. The molecule has 1 aromatic carbocycles.